The molecule has 0 unspecified atom stereocenters. The van der Waals surface area contributed by atoms with Gasteiger partial charge in [0.25, 0.3) is 5.91 Å². The largest absolute Gasteiger partial charge is 0.489 e. The number of hydrogen-bond donors (Lipinski definition) is 2. The highest BCUT2D eigenvalue weighted by Gasteiger charge is 2.20. The van der Waals surface area contributed by atoms with E-state index in [0.29, 0.717) is 23.7 Å². The van der Waals surface area contributed by atoms with E-state index >= 15 is 0 Å². The summed E-state index contributed by atoms with van der Waals surface area (Å²) in [6, 6.07) is 24.1. The van der Waals surface area contributed by atoms with Gasteiger partial charge in [0.15, 0.2) is 6.61 Å². The molecule has 7 nitrogen and oxygen atoms in total. The molecule has 0 radical (unpaired) electrons. The Morgan fingerprint density at radius 2 is 1.66 bits per heavy atom. The number of carboxylic acid groups (broad SMARTS) is 1. The fourth-order valence-electron chi connectivity index (χ4n) is 2.94. The van der Waals surface area contributed by atoms with Crippen LogP contribution in [0.25, 0.3) is 0 Å². The molecule has 1 amide bonds. The molecule has 32 heavy (non-hydrogen) atoms. The summed E-state index contributed by atoms with van der Waals surface area (Å²) in [4.78, 5) is 23.8. The minimum atomic E-state index is -1.14. The molecule has 0 bridgehead atoms. The number of carbonyl (C=O) groups is 2. The summed E-state index contributed by atoms with van der Waals surface area (Å²) in [5.74, 6) is -0.685. The van der Waals surface area contributed by atoms with Gasteiger partial charge in [-0.05, 0) is 41.5 Å². The van der Waals surface area contributed by atoms with Gasteiger partial charge in [0.2, 0.25) is 0 Å². The molecule has 3 aromatic rings. The van der Waals surface area contributed by atoms with Gasteiger partial charge in [0, 0.05) is 6.42 Å². The second kappa shape index (κ2) is 11.2. The van der Waals surface area contributed by atoms with Crippen LogP contribution < -0.4 is 14.8 Å². The summed E-state index contributed by atoms with van der Waals surface area (Å²) >= 11 is 0. The number of carboxylic acids is 1. The quantitative estimate of drug-likeness (QED) is 0.511. The third-order valence-electron chi connectivity index (χ3n) is 4.58. The standard InChI is InChI=1S/C25H22N2O5/c26-15-20-7-4-8-22(13-20)32-17-24(28)27-23(25(29)30)14-18-9-11-21(12-10-18)31-16-19-5-2-1-3-6-19/h1-13,23H,14,16-17H2,(H,27,28)(H,29,30)/t23-/m0/s1. The molecule has 0 aliphatic rings. The van der Waals surface area contributed by atoms with Crippen LogP contribution in [0, 0.1) is 11.3 Å². The Labute approximate surface area is 185 Å². The fraction of sp³-hybridized carbons (Fsp3) is 0.160. The number of nitrogens with one attached hydrogen (secondary N) is 1. The predicted molar refractivity (Wildman–Crippen MR) is 117 cm³/mol. The van der Waals surface area contributed by atoms with E-state index in [-0.39, 0.29) is 13.0 Å². The number of aliphatic carboxylic acids is 1. The number of hydrogen-bond acceptors (Lipinski definition) is 5. The average molecular weight is 430 g/mol. The molecule has 0 aromatic heterocycles. The molecule has 1 atom stereocenters. The fourth-order valence-corrected chi connectivity index (χ4v) is 2.94. The number of amides is 1. The van der Waals surface area contributed by atoms with Gasteiger partial charge in [-0.2, -0.15) is 5.26 Å². The van der Waals surface area contributed by atoms with Crippen molar-refractivity contribution in [1.82, 2.24) is 5.32 Å². The summed E-state index contributed by atoms with van der Waals surface area (Å²) in [7, 11) is 0. The smallest absolute Gasteiger partial charge is 0.326 e. The van der Waals surface area contributed by atoms with E-state index in [9.17, 15) is 14.7 Å². The molecule has 0 spiro atoms. The van der Waals surface area contributed by atoms with Gasteiger partial charge < -0.3 is 19.9 Å². The maximum absolute atomic E-state index is 12.2. The van der Waals surface area contributed by atoms with Gasteiger partial charge in [0.05, 0.1) is 11.6 Å². The average Bonchev–Trinajstić information content (AvgIpc) is 2.82. The SMILES string of the molecule is N#Cc1cccc(OCC(=O)N[C@@H](Cc2ccc(OCc3ccccc3)cc2)C(=O)O)c1. The first-order chi connectivity index (χ1) is 15.5. The lowest BCUT2D eigenvalue weighted by Crippen LogP contribution is -2.44. The maximum atomic E-state index is 12.2. The first kappa shape index (κ1) is 22.4. The normalized spacial score (nSPS) is 11.1. The van der Waals surface area contributed by atoms with Crippen molar-refractivity contribution in [2.45, 2.75) is 19.1 Å². The second-order valence-corrected chi connectivity index (χ2v) is 7.01. The summed E-state index contributed by atoms with van der Waals surface area (Å²) in [6.07, 6.45) is 0.115. The van der Waals surface area contributed by atoms with Crippen LogP contribution in [0.4, 0.5) is 0 Å². The van der Waals surface area contributed by atoms with Crippen molar-refractivity contribution >= 4 is 11.9 Å². The Morgan fingerprint density at radius 3 is 2.34 bits per heavy atom. The van der Waals surface area contributed by atoms with Crippen LogP contribution in [0.3, 0.4) is 0 Å². The molecule has 0 saturated carbocycles. The number of ether oxygens (including phenoxy) is 2. The Bertz CT molecular complexity index is 1090. The highest BCUT2D eigenvalue weighted by Crippen LogP contribution is 2.16. The molecule has 0 fully saturated rings. The summed E-state index contributed by atoms with van der Waals surface area (Å²) in [5, 5.41) is 20.9. The van der Waals surface area contributed by atoms with E-state index < -0.39 is 17.9 Å². The first-order valence-electron chi connectivity index (χ1n) is 9.94. The van der Waals surface area contributed by atoms with Crippen molar-refractivity contribution in [2.24, 2.45) is 0 Å². The maximum Gasteiger partial charge on any atom is 0.326 e. The van der Waals surface area contributed by atoms with Gasteiger partial charge in [-0.25, -0.2) is 4.79 Å². The number of carbonyl (C=O) groups excluding carboxylic acids is 1. The van der Waals surface area contributed by atoms with E-state index in [1.54, 1.807) is 42.5 Å². The van der Waals surface area contributed by atoms with E-state index in [2.05, 4.69) is 5.32 Å². The van der Waals surface area contributed by atoms with Crippen molar-refractivity contribution in [2.75, 3.05) is 6.61 Å². The van der Waals surface area contributed by atoms with Crippen molar-refractivity contribution < 1.29 is 24.2 Å². The lowest BCUT2D eigenvalue weighted by atomic mass is 10.1. The molecular formula is C25H22N2O5. The van der Waals surface area contributed by atoms with Crippen molar-refractivity contribution in [3.8, 4) is 17.6 Å². The lowest BCUT2D eigenvalue weighted by molar-refractivity contribution is -0.142. The molecule has 3 rings (SSSR count). The summed E-state index contributed by atoms with van der Waals surface area (Å²) < 4.78 is 11.1. The number of nitriles is 1. The van der Waals surface area contributed by atoms with Crippen LogP contribution in [0.1, 0.15) is 16.7 Å². The van der Waals surface area contributed by atoms with Gasteiger partial charge >= 0.3 is 5.97 Å². The molecule has 2 N–H and O–H groups in total. The van der Waals surface area contributed by atoms with Crippen LogP contribution in [0.2, 0.25) is 0 Å². The molecule has 3 aromatic carbocycles. The monoisotopic (exact) mass is 430 g/mol. The Balaban J connectivity index is 1.51. The molecule has 0 aliphatic heterocycles. The molecule has 0 heterocycles. The second-order valence-electron chi connectivity index (χ2n) is 7.01. The van der Waals surface area contributed by atoms with E-state index in [1.807, 2.05) is 36.4 Å². The van der Waals surface area contributed by atoms with Gasteiger partial charge in [-0.3, -0.25) is 4.79 Å². The topological polar surface area (TPSA) is 109 Å². The zero-order valence-electron chi connectivity index (χ0n) is 17.2. The number of benzene rings is 3. The van der Waals surface area contributed by atoms with E-state index in [0.717, 1.165) is 11.1 Å². The zero-order chi connectivity index (χ0) is 22.8. The predicted octanol–water partition coefficient (Wildman–Crippen LogP) is 3.33. The van der Waals surface area contributed by atoms with E-state index in [4.69, 9.17) is 14.7 Å². The van der Waals surface area contributed by atoms with Crippen LogP contribution in [0.5, 0.6) is 11.5 Å². The summed E-state index contributed by atoms with van der Waals surface area (Å²) in [5.41, 5.74) is 2.20. The zero-order valence-corrected chi connectivity index (χ0v) is 17.2. The molecule has 7 heteroatoms. The first-order valence-corrected chi connectivity index (χ1v) is 9.94. The van der Waals surface area contributed by atoms with Crippen molar-refractivity contribution in [3.05, 3.63) is 95.6 Å². The van der Waals surface area contributed by atoms with Crippen molar-refractivity contribution in [1.29, 1.82) is 5.26 Å². The van der Waals surface area contributed by atoms with E-state index in [1.165, 1.54) is 6.07 Å². The van der Waals surface area contributed by atoms with Crippen molar-refractivity contribution in [3.63, 3.8) is 0 Å². The summed E-state index contributed by atoms with van der Waals surface area (Å²) in [6.45, 7) is 0.0796. The number of rotatable bonds is 10. The highest BCUT2D eigenvalue weighted by molar-refractivity contribution is 5.84. The third-order valence-corrected chi connectivity index (χ3v) is 4.58. The van der Waals surface area contributed by atoms with Gasteiger partial charge in [-0.1, -0.05) is 48.5 Å². The van der Waals surface area contributed by atoms with Crippen LogP contribution in [0.15, 0.2) is 78.9 Å². The Hall–Kier alpha value is -4.31. The third kappa shape index (κ3) is 6.89. The lowest BCUT2D eigenvalue weighted by Gasteiger charge is -2.15. The molecule has 0 saturated heterocycles. The molecular weight excluding hydrogens is 408 g/mol. The van der Waals surface area contributed by atoms with Gasteiger partial charge in [-0.15, -0.1) is 0 Å². The Kier molecular flexibility index (Phi) is 7.82. The highest BCUT2D eigenvalue weighted by atomic mass is 16.5. The number of nitrogens with zero attached hydrogens (tertiary/aromatic N) is 1. The van der Waals surface area contributed by atoms with Crippen LogP contribution >= 0.6 is 0 Å². The van der Waals surface area contributed by atoms with Gasteiger partial charge in [0.1, 0.15) is 24.1 Å². The van der Waals surface area contributed by atoms with Crippen LogP contribution in [-0.4, -0.2) is 29.6 Å². The minimum absolute atomic E-state index is 0.115. The molecule has 0 aliphatic carbocycles. The van der Waals surface area contributed by atoms with Crippen LogP contribution in [-0.2, 0) is 22.6 Å². The molecule has 162 valence electrons. The minimum Gasteiger partial charge on any atom is -0.489 e. The Morgan fingerprint density at radius 1 is 0.906 bits per heavy atom.